The summed E-state index contributed by atoms with van der Waals surface area (Å²) < 4.78 is 5.77. The summed E-state index contributed by atoms with van der Waals surface area (Å²) in [5.74, 6) is 0.156. The van der Waals surface area contributed by atoms with Crippen LogP contribution >= 0.6 is 0 Å². The number of benzene rings is 2. The summed E-state index contributed by atoms with van der Waals surface area (Å²) >= 11 is 0. The number of rotatable bonds is 2. The quantitative estimate of drug-likeness (QED) is 0.660. The van der Waals surface area contributed by atoms with E-state index >= 15 is 0 Å². The van der Waals surface area contributed by atoms with Crippen LogP contribution in [0.25, 0.3) is 0 Å². The molecular weight excluding hydrogens is 280 g/mol. The predicted octanol–water partition coefficient (Wildman–Crippen LogP) is 2.51. The van der Waals surface area contributed by atoms with Crippen molar-refractivity contribution < 1.29 is 14.7 Å². The summed E-state index contributed by atoms with van der Waals surface area (Å²) in [5, 5.41) is 8.72. The number of nitrogens with zero attached hydrogens (tertiary/aromatic N) is 1. The molecule has 0 aliphatic carbocycles. The molecule has 1 heterocycles. The van der Waals surface area contributed by atoms with Crippen molar-refractivity contribution >= 4 is 11.6 Å². The topological polar surface area (TPSA) is 61.8 Å². The Morgan fingerprint density at radius 3 is 2.86 bits per heavy atom. The number of hydroxylamine groups is 1. The Hall–Kier alpha value is -2.53. The van der Waals surface area contributed by atoms with Gasteiger partial charge in [-0.2, -0.15) is 0 Å². The van der Waals surface area contributed by atoms with E-state index in [4.69, 9.17) is 9.94 Å². The zero-order valence-electron chi connectivity index (χ0n) is 12.4. The van der Waals surface area contributed by atoms with Crippen molar-refractivity contribution in [2.24, 2.45) is 0 Å². The van der Waals surface area contributed by atoms with Crippen LogP contribution in [-0.4, -0.2) is 24.3 Å². The first-order valence-corrected chi connectivity index (χ1v) is 7.20. The van der Waals surface area contributed by atoms with Crippen molar-refractivity contribution in [3.63, 3.8) is 0 Å². The molecule has 2 aromatic carbocycles. The molecule has 0 atom stereocenters. The Bertz CT molecular complexity index is 700. The SMILES string of the molecule is Cc1ccccc1N1CCOc2cc(C(=O)NO)ccc2C1. The van der Waals surface area contributed by atoms with Crippen molar-refractivity contribution in [3.05, 3.63) is 59.2 Å². The largest absolute Gasteiger partial charge is 0.491 e. The van der Waals surface area contributed by atoms with Crippen molar-refractivity contribution in [1.29, 1.82) is 0 Å². The van der Waals surface area contributed by atoms with Crippen LogP contribution in [-0.2, 0) is 6.54 Å². The van der Waals surface area contributed by atoms with Gasteiger partial charge in [0.25, 0.3) is 5.91 Å². The number of carbonyl (C=O) groups is 1. The maximum absolute atomic E-state index is 11.5. The summed E-state index contributed by atoms with van der Waals surface area (Å²) in [6.07, 6.45) is 0. The van der Waals surface area contributed by atoms with E-state index < -0.39 is 5.91 Å². The van der Waals surface area contributed by atoms with Crippen molar-refractivity contribution in [2.75, 3.05) is 18.1 Å². The number of aryl methyl sites for hydroxylation is 1. The lowest BCUT2D eigenvalue weighted by Gasteiger charge is -2.24. The first-order chi connectivity index (χ1) is 10.7. The Kier molecular flexibility index (Phi) is 3.98. The second-order valence-corrected chi connectivity index (χ2v) is 5.32. The fourth-order valence-corrected chi connectivity index (χ4v) is 2.70. The standard InChI is InChI=1S/C17H18N2O3/c1-12-4-2-3-5-15(12)19-8-9-22-16-10-13(17(20)18-21)6-7-14(16)11-19/h2-7,10,21H,8-9,11H2,1H3,(H,18,20). The second kappa shape index (κ2) is 6.07. The third-order valence-electron chi connectivity index (χ3n) is 3.87. The van der Waals surface area contributed by atoms with Crippen molar-refractivity contribution in [3.8, 4) is 5.75 Å². The fourth-order valence-electron chi connectivity index (χ4n) is 2.70. The number of nitrogens with one attached hydrogen (secondary N) is 1. The van der Waals surface area contributed by atoms with Crippen LogP contribution in [0.5, 0.6) is 5.75 Å². The number of para-hydroxylation sites is 1. The Morgan fingerprint density at radius 2 is 2.09 bits per heavy atom. The average molecular weight is 298 g/mol. The van der Waals surface area contributed by atoms with Gasteiger partial charge in [0.15, 0.2) is 0 Å². The molecule has 0 saturated heterocycles. The van der Waals surface area contributed by atoms with Gasteiger partial charge in [-0.25, -0.2) is 5.48 Å². The maximum atomic E-state index is 11.5. The van der Waals surface area contributed by atoms with Crippen LogP contribution in [0.3, 0.4) is 0 Å². The second-order valence-electron chi connectivity index (χ2n) is 5.32. The van der Waals surface area contributed by atoms with E-state index in [0.717, 1.165) is 18.7 Å². The highest BCUT2D eigenvalue weighted by Gasteiger charge is 2.18. The van der Waals surface area contributed by atoms with Crippen LogP contribution in [0.2, 0.25) is 0 Å². The minimum atomic E-state index is -0.536. The monoisotopic (exact) mass is 298 g/mol. The molecule has 0 radical (unpaired) electrons. The number of hydrogen-bond donors (Lipinski definition) is 2. The number of amides is 1. The maximum Gasteiger partial charge on any atom is 0.274 e. The number of carbonyl (C=O) groups excluding carboxylic acids is 1. The van der Waals surface area contributed by atoms with Crippen LogP contribution < -0.4 is 15.1 Å². The molecule has 0 saturated carbocycles. The summed E-state index contributed by atoms with van der Waals surface area (Å²) in [4.78, 5) is 13.8. The van der Waals surface area contributed by atoms with Gasteiger partial charge in [0.2, 0.25) is 0 Å². The zero-order valence-corrected chi connectivity index (χ0v) is 12.4. The molecular formula is C17H18N2O3. The van der Waals surface area contributed by atoms with E-state index in [1.54, 1.807) is 17.6 Å². The summed E-state index contributed by atoms with van der Waals surface area (Å²) in [6.45, 7) is 4.14. The van der Waals surface area contributed by atoms with Crippen molar-refractivity contribution in [1.82, 2.24) is 5.48 Å². The lowest BCUT2D eigenvalue weighted by atomic mass is 10.1. The van der Waals surface area contributed by atoms with E-state index in [1.165, 1.54) is 11.3 Å². The lowest BCUT2D eigenvalue weighted by Crippen LogP contribution is -2.25. The molecule has 0 bridgehead atoms. The van der Waals surface area contributed by atoms with Gasteiger partial charge in [-0.3, -0.25) is 10.0 Å². The third-order valence-corrected chi connectivity index (χ3v) is 3.87. The number of fused-ring (bicyclic) bond motifs is 1. The van der Waals surface area contributed by atoms with Gasteiger partial charge in [-0.05, 0) is 30.7 Å². The predicted molar refractivity (Wildman–Crippen MR) is 83.4 cm³/mol. The number of hydrogen-bond acceptors (Lipinski definition) is 4. The molecule has 1 amide bonds. The minimum absolute atomic E-state index is 0.380. The van der Waals surface area contributed by atoms with E-state index in [-0.39, 0.29) is 0 Å². The van der Waals surface area contributed by atoms with Gasteiger partial charge in [0.1, 0.15) is 12.4 Å². The van der Waals surface area contributed by atoms with Crippen LogP contribution in [0.1, 0.15) is 21.5 Å². The molecule has 1 aliphatic heterocycles. The zero-order chi connectivity index (χ0) is 15.5. The molecule has 114 valence electrons. The first-order valence-electron chi connectivity index (χ1n) is 7.20. The molecule has 1 aliphatic rings. The number of anilines is 1. The Labute approximate surface area is 129 Å². The van der Waals surface area contributed by atoms with E-state index in [9.17, 15) is 4.79 Å². The molecule has 0 unspecified atom stereocenters. The molecule has 2 aromatic rings. The smallest absolute Gasteiger partial charge is 0.274 e. The van der Waals surface area contributed by atoms with Gasteiger partial charge < -0.3 is 9.64 Å². The molecule has 2 N–H and O–H groups in total. The highest BCUT2D eigenvalue weighted by Crippen LogP contribution is 2.28. The minimum Gasteiger partial charge on any atom is -0.491 e. The average Bonchev–Trinajstić information content (AvgIpc) is 2.76. The van der Waals surface area contributed by atoms with E-state index in [0.29, 0.717) is 17.9 Å². The van der Waals surface area contributed by atoms with Crippen LogP contribution in [0.4, 0.5) is 5.69 Å². The van der Waals surface area contributed by atoms with Gasteiger partial charge in [-0.15, -0.1) is 0 Å². The van der Waals surface area contributed by atoms with E-state index in [1.807, 2.05) is 18.2 Å². The highest BCUT2D eigenvalue weighted by molar-refractivity contribution is 5.93. The van der Waals surface area contributed by atoms with Gasteiger partial charge in [0, 0.05) is 23.4 Å². The van der Waals surface area contributed by atoms with Crippen LogP contribution in [0, 0.1) is 6.92 Å². The highest BCUT2D eigenvalue weighted by atomic mass is 16.5. The van der Waals surface area contributed by atoms with E-state index in [2.05, 4.69) is 24.0 Å². The summed E-state index contributed by atoms with van der Waals surface area (Å²) in [5.41, 5.74) is 5.46. The summed E-state index contributed by atoms with van der Waals surface area (Å²) in [6, 6.07) is 13.5. The Balaban J connectivity index is 1.91. The normalized spacial score (nSPS) is 13.8. The number of ether oxygens (including phenoxy) is 1. The van der Waals surface area contributed by atoms with Gasteiger partial charge >= 0.3 is 0 Å². The molecule has 0 spiro atoms. The van der Waals surface area contributed by atoms with Crippen molar-refractivity contribution in [2.45, 2.75) is 13.5 Å². The third kappa shape index (κ3) is 2.76. The first kappa shape index (κ1) is 14.4. The van der Waals surface area contributed by atoms with Gasteiger partial charge in [0.05, 0.1) is 6.54 Å². The molecule has 22 heavy (non-hydrogen) atoms. The van der Waals surface area contributed by atoms with Gasteiger partial charge in [-0.1, -0.05) is 24.3 Å². The molecule has 0 aromatic heterocycles. The fraction of sp³-hybridized carbons (Fsp3) is 0.235. The van der Waals surface area contributed by atoms with Crippen LogP contribution in [0.15, 0.2) is 42.5 Å². The summed E-state index contributed by atoms with van der Waals surface area (Å²) in [7, 11) is 0. The molecule has 5 heteroatoms. The molecule has 3 rings (SSSR count). The molecule has 5 nitrogen and oxygen atoms in total. The lowest BCUT2D eigenvalue weighted by molar-refractivity contribution is 0.0706. The Morgan fingerprint density at radius 1 is 1.27 bits per heavy atom. The molecule has 0 fully saturated rings.